The van der Waals surface area contributed by atoms with E-state index in [2.05, 4.69) is 16.4 Å². The number of nitrogens with one attached hydrogen (secondary N) is 1. The van der Waals surface area contributed by atoms with Crippen LogP contribution in [0.1, 0.15) is 17.5 Å². The number of carbonyl (C=O) groups is 1. The zero-order valence-electron chi connectivity index (χ0n) is 11.7. The number of nitriles is 1. The monoisotopic (exact) mass is 307 g/mol. The molecule has 4 nitrogen and oxygen atoms in total. The Bertz CT molecular complexity index is 813. The number of rotatable bonds is 4. The minimum atomic E-state index is -0.0524. The topological polar surface area (TPSA) is 65.8 Å². The molecule has 1 heterocycles. The van der Waals surface area contributed by atoms with Crippen molar-refractivity contribution >= 4 is 32.6 Å². The average molecular weight is 307 g/mol. The summed E-state index contributed by atoms with van der Waals surface area (Å²) in [5.41, 5.74) is 2.57. The third kappa shape index (κ3) is 3.30. The maximum atomic E-state index is 12.0. The number of hydrogen-bond donors (Lipinski definition) is 1. The molecule has 0 atom stereocenters. The number of thiazole rings is 1. The van der Waals surface area contributed by atoms with Crippen LogP contribution in [0.15, 0.2) is 48.5 Å². The Morgan fingerprint density at radius 2 is 1.95 bits per heavy atom. The van der Waals surface area contributed by atoms with Gasteiger partial charge in [-0.2, -0.15) is 5.26 Å². The van der Waals surface area contributed by atoms with Gasteiger partial charge in [0, 0.05) is 6.42 Å². The van der Waals surface area contributed by atoms with Crippen molar-refractivity contribution in [3.05, 3.63) is 59.7 Å². The number of hydrogen-bond acceptors (Lipinski definition) is 4. The lowest BCUT2D eigenvalue weighted by atomic mass is 10.1. The summed E-state index contributed by atoms with van der Waals surface area (Å²) < 4.78 is 1.06. The van der Waals surface area contributed by atoms with Crippen LogP contribution in [-0.4, -0.2) is 10.9 Å². The highest BCUT2D eigenvalue weighted by molar-refractivity contribution is 7.22. The number of benzene rings is 2. The molecule has 108 valence electrons. The zero-order chi connectivity index (χ0) is 15.4. The molecule has 0 unspecified atom stereocenters. The third-order valence-electron chi connectivity index (χ3n) is 3.26. The number of anilines is 1. The summed E-state index contributed by atoms with van der Waals surface area (Å²) in [6, 6.07) is 17.2. The minimum absolute atomic E-state index is 0.0524. The number of para-hydroxylation sites is 1. The van der Waals surface area contributed by atoms with Crippen LogP contribution in [0.25, 0.3) is 10.2 Å². The van der Waals surface area contributed by atoms with Gasteiger partial charge in [-0.25, -0.2) is 4.98 Å². The molecule has 22 heavy (non-hydrogen) atoms. The van der Waals surface area contributed by atoms with Crippen LogP contribution in [0.5, 0.6) is 0 Å². The van der Waals surface area contributed by atoms with Crippen molar-refractivity contribution < 1.29 is 4.79 Å². The summed E-state index contributed by atoms with van der Waals surface area (Å²) in [7, 11) is 0. The Balaban J connectivity index is 1.58. The lowest BCUT2D eigenvalue weighted by molar-refractivity contribution is -0.116. The third-order valence-corrected chi connectivity index (χ3v) is 4.22. The van der Waals surface area contributed by atoms with Gasteiger partial charge in [0.2, 0.25) is 5.91 Å². The first-order valence-electron chi connectivity index (χ1n) is 6.89. The van der Waals surface area contributed by atoms with Gasteiger partial charge in [-0.1, -0.05) is 35.6 Å². The van der Waals surface area contributed by atoms with Crippen LogP contribution < -0.4 is 5.32 Å². The van der Waals surface area contributed by atoms with E-state index in [1.807, 2.05) is 36.4 Å². The molecule has 0 aliphatic carbocycles. The van der Waals surface area contributed by atoms with Crippen LogP contribution in [-0.2, 0) is 11.2 Å². The molecule has 0 aliphatic rings. The second kappa shape index (κ2) is 6.37. The predicted molar refractivity (Wildman–Crippen MR) is 87.7 cm³/mol. The van der Waals surface area contributed by atoms with Gasteiger partial charge in [-0.3, -0.25) is 4.79 Å². The molecule has 1 amide bonds. The van der Waals surface area contributed by atoms with Gasteiger partial charge in [0.25, 0.3) is 0 Å². The average Bonchev–Trinajstić information content (AvgIpc) is 2.95. The fourth-order valence-electron chi connectivity index (χ4n) is 2.11. The maximum absolute atomic E-state index is 12.0. The first-order valence-corrected chi connectivity index (χ1v) is 7.71. The molecule has 3 aromatic rings. The van der Waals surface area contributed by atoms with Crippen molar-refractivity contribution in [1.82, 2.24) is 4.98 Å². The molecule has 0 saturated carbocycles. The molecule has 2 aromatic carbocycles. The lowest BCUT2D eigenvalue weighted by Gasteiger charge is -2.02. The van der Waals surface area contributed by atoms with Crippen molar-refractivity contribution in [3.63, 3.8) is 0 Å². The molecule has 0 aliphatic heterocycles. The van der Waals surface area contributed by atoms with E-state index >= 15 is 0 Å². The molecule has 3 rings (SSSR count). The summed E-state index contributed by atoms with van der Waals surface area (Å²) in [6.45, 7) is 0. The summed E-state index contributed by atoms with van der Waals surface area (Å²) in [5, 5.41) is 12.2. The summed E-state index contributed by atoms with van der Waals surface area (Å²) >= 11 is 1.47. The standard InChI is InChI=1S/C17H13N3OS/c18-11-13-7-5-12(6-8-13)9-10-16(21)20-17-19-14-3-1-2-4-15(14)22-17/h1-8H,9-10H2,(H,19,20,21). The molecular formula is C17H13N3OS. The normalized spacial score (nSPS) is 10.3. The highest BCUT2D eigenvalue weighted by atomic mass is 32.1. The maximum Gasteiger partial charge on any atom is 0.226 e. The summed E-state index contributed by atoms with van der Waals surface area (Å²) in [6.07, 6.45) is 1.03. The van der Waals surface area contributed by atoms with Crippen molar-refractivity contribution in [2.45, 2.75) is 12.8 Å². The van der Waals surface area contributed by atoms with Crippen molar-refractivity contribution in [2.75, 3.05) is 5.32 Å². The second-order valence-corrected chi connectivity index (χ2v) is 5.87. The van der Waals surface area contributed by atoms with E-state index in [4.69, 9.17) is 5.26 Å². The number of aromatic nitrogens is 1. The van der Waals surface area contributed by atoms with Gasteiger partial charge in [-0.05, 0) is 36.2 Å². The van der Waals surface area contributed by atoms with Gasteiger partial charge in [-0.15, -0.1) is 0 Å². The highest BCUT2D eigenvalue weighted by Gasteiger charge is 2.07. The fourth-order valence-corrected chi connectivity index (χ4v) is 2.99. The molecule has 1 N–H and O–H groups in total. The Morgan fingerprint density at radius 3 is 2.68 bits per heavy atom. The van der Waals surface area contributed by atoms with Gasteiger partial charge in [0.05, 0.1) is 21.8 Å². The van der Waals surface area contributed by atoms with E-state index in [-0.39, 0.29) is 5.91 Å². The Kier molecular flexibility index (Phi) is 4.12. The lowest BCUT2D eigenvalue weighted by Crippen LogP contribution is -2.12. The number of carbonyl (C=O) groups excluding carboxylic acids is 1. The van der Waals surface area contributed by atoms with E-state index in [0.29, 0.717) is 23.5 Å². The predicted octanol–water partition coefficient (Wildman–Crippen LogP) is 3.74. The van der Waals surface area contributed by atoms with E-state index in [1.165, 1.54) is 11.3 Å². The Morgan fingerprint density at radius 1 is 1.18 bits per heavy atom. The van der Waals surface area contributed by atoms with Crippen LogP contribution in [0.3, 0.4) is 0 Å². The second-order valence-electron chi connectivity index (χ2n) is 4.84. The van der Waals surface area contributed by atoms with Gasteiger partial charge >= 0.3 is 0 Å². The van der Waals surface area contributed by atoms with Gasteiger partial charge in [0.1, 0.15) is 0 Å². The van der Waals surface area contributed by atoms with Crippen LogP contribution in [0.2, 0.25) is 0 Å². The minimum Gasteiger partial charge on any atom is -0.302 e. The first-order chi connectivity index (χ1) is 10.7. The Hall–Kier alpha value is -2.71. The molecular weight excluding hydrogens is 294 g/mol. The molecule has 5 heteroatoms. The number of nitrogens with zero attached hydrogens (tertiary/aromatic N) is 2. The van der Waals surface area contributed by atoms with Crippen LogP contribution >= 0.6 is 11.3 Å². The van der Waals surface area contributed by atoms with E-state index in [9.17, 15) is 4.79 Å². The number of aryl methyl sites for hydroxylation is 1. The summed E-state index contributed by atoms with van der Waals surface area (Å²) in [4.78, 5) is 16.4. The quantitative estimate of drug-likeness (QED) is 0.798. The van der Waals surface area contributed by atoms with Crippen molar-refractivity contribution in [1.29, 1.82) is 5.26 Å². The highest BCUT2D eigenvalue weighted by Crippen LogP contribution is 2.25. The molecule has 0 bridgehead atoms. The smallest absolute Gasteiger partial charge is 0.226 e. The van der Waals surface area contributed by atoms with E-state index in [0.717, 1.165) is 15.8 Å². The van der Waals surface area contributed by atoms with Gasteiger partial charge in [0.15, 0.2) is 5.13 Å². The SMILES string of the molecule is N#Cc1ccc(CCC(=O)Nc2nc3ccccc3s2)cc1. The van der Waals surface area contributed by atoms with Crippen LogP contribution in [0.4, 0.5) is 5.13 Å². The van der Waals surface area contributed by atoms with Crippen molar-refractivity contribution in [2.24, 2.45) is 0 Å². The molecule has 0 spiro atoms. The largest absolute Gasteiger partial charge is 0.302 e. The number of fused-ring (bicyclic) bond motifs is 1. The van der Waals surface area contributed by atoms with Gasteiger partial charge < -0.3 is 5.32 Å². The summed E-state index contributed by atoms with van der Waals surface area (Å²) in [5.74, 6) is -0.0524. The van der Waals surface area contributed by atoms with Crippen LogP contribution in [0, 0.1) is 11.3 Å². The fraction of sp³-hybridized carbons (Fsp3) is 0.118. The van der Waals surface area contributed by atoms with E-state index < -0.39 is 0 Å². The molecule has 0 radical (unpaired) electrons. The first kappa shape index (κ1) is 14.2. The molecule has 1 aromatic heterocycles. The number of amides is 1. The molecule has 0 fully saturated rings. The Labute approximate surface area is 132 Å². The van der Waals surface area contributed by atoms with Crippen molar-refractivity contribution in [3.8, 4) is 6.07 Å². The zero-order valence-corrected chi connectivity index (χ0v) is 12.6. The molecule has 0 saturated heterocycles. The van der Waals surface area contributed by atoms with E-state index in [1.54, 1.807) is 12.1 Å².